The van der Waals surface area contributed by atoms with E-state index in [0.29, 0.717) is 12.8 Å². The zero-order valence-electron chi connectivity index (χ0n) is 11.3. The molecule has 1 aromatic rings. The maximum Gasteiger partial charge on any atom is 0.328 e. The highest BCUT2D eigenvalue weighted by Crippen LogP contribution is 2.14. The fourth-order valence-electron chi connectivity index (χ4n) is 2.13. The Morgan fingerprint density at radius 3 is 3.00 bits per heavy atom. The maximum absolute atomic E-state index is 12.1. The van der Waals surface area contributed by atoms with Gasteiger partial charge in [-0.2, -0.15) is 0 Å². The molecule has 0 aliphatic carbocycles. The number of nitrogens with zero attached hydrogens (tertiary/aromatic N) is 1. The van der Waals surface area contributed by atoms with Crippen LogP contribution in [0.3, 0.4) is 0 Å². The van der Waals surface area contributed by atoms with Gasteiger partial charge in [0.25, 0.3) is 0 Å². The SMILES string of the molecule is C=C1CCC(C(=O)NC(Cc2cnc[nH]2)C(=O)OC)N1. The predicted octanol–water partition coefficient (Wildman–Crippen LogP) is -0.124. The lowest BCUT2D eigenvalue weighted by atomic mass is 10.1. The van der Waals surface area contributed by atoms with Crippen molar-refractivity contribution in [1.29, 1.82) is 0 Å². The van der Waals surface area contributed by atoms with Crippen LogP contribution in [0.2, 0.25) is 0 Å². The van der Waals surface area contributed by atoms with Gasteiger partial charge >= 0.3 is 5.97 Å². The van der Waals surface area contributed by atoms with Gasteiger partial charge in [-0.05, 0) is 12.8 Å². The molecule has 1 aliphatic heterocycles. The second kappa shape index (κ2) is 6.23. The molecule has 0 bridgehead atoms. The highest BCUT2D eigenvalue weighted by atomic mass is 16.5. The number of imidazole rings is 1. The number of rotatable bonds is 5. The van der Waals surface area contributed by atoms with Gasteiger partial charge in [0, 0.05) is 24.0 Å². The van der Waals surface area contributed by atoms with E-state index in [0.717, 1.165) is 17.8 Å². The van der Waals surface area contributed by atoms with Crippen LogP contribution in [0.15, 0.2) is 24.8 Å². The van der Waals surface area contributed by atoms with Crippen LogP contribution >= 0.6 is 0 Å². The minimum Gasteiger partial charge on any atom is -0.467 e. The van der Waals surface area contributed by atoms with E-state index in [1.54, 1.807) is 6.20 Å². The molecule has 2 rings (SSSR count). The van der Waals surface area contributed by atoms with Crippen LogP contribution in [-0.4, -0.2) is 41.0 Å². The normalized spacial score (nSPS) is 19.2. The number of allylic oxidation sites excluding steroid dienone is 1. The topological polar surface area (TPSA) is 96.1 Å². The molecule has 2 unspecified atom stereocenters. The highest BCUT2D eigenvalue weighted by molar-refractivity contribution is 5.88. The second-order valence-electron chi connectivity index (χ2n) is 4.70. The Bertz CT molecular complexity index is 498. The Morgan fingerprint density at radius 1 is 1.65 bits per heavy atom. The van der Waals surface area contributed by atoms with Crippen molar-refractivity contribution in [3.63, 3.8) is 0 Å². The minimum atomic E-state index is -0.733. The molecule has 0 radical (unpaired) electrons. The molecule has 7 heteroatoms. The number of hydrogen-bond donors (Lipinski definition) is 3. The summed E-state index contributed by atoms with van der Waals surface area (Å²) in [4.78, 5) is 30.6. The van der Waals surface area contributed by atoms with E-state index < -0.39 is 12.0 Å². The zero-order chi connectivity index (χ0) is 14.5. The molecule has 1 saturated heterocycles. The van der Waals surface area contributed by atoms with Crippen LogP contribution in [0, 0.1) is 0 Å². The summed E-state index contributed by atoms with van der Waals surface area (Å²) in [5, 5.41) is 5.70. The largest absolute Gasteiger partial charge is 0.467 e. The number of amides is 1. The standard InChI is InChI=1S/C13H18N4O3/c1-8-3-4-10(16-8)12(18)17-11(13(19)20-2)5-9-6-14-7-15-9/h6-7,10-11,16H,1,3-5H2,2H3,(H,14,15)(H,17,18). The summed E-state index contributed by atoms with van der Waals surface area (Å²) in [6, 6.07) is -1.07. The molecule has 20 heavy (non-hydrogen) atoms. The number of aromatic nitrogens is 2. The van der Waals surface area contributed by atoms with Gasteiger partial charge in [-0.1, -0.05) is 6.58 Å². The Morgan fingerprint density at radius 2 is 2.45 bits per heavy atom. The molecule has 2 heterocycles. The van der Waals surface area contributed by atoms with Crippen molar-refractivity contribution < 1.29 is 14.3 Å². The van der Waals surface area contributed by atoms with Crippen molar-refractivity contribution in [2.45, 2.75) is 31.3 Å². The lowest BCUT2D eigenvalue weighted by Gasteiger charge is -2.18. The Hall–Kier alpha value is -2.31. The van der Waals surface area contributed by atoms with Crippen LogP contribution < -0.4 is 10.6 Å². The molecular formula is C13H18N4O3. The van der Waals surface area contributed by atoms with Crippen molar-refractivity contribution >= 4 is 11.9 Å². The van der Waals surface area contributed by atoms with Gasteiger partial charge in [0.2, 0.25) is 5.91 Å². The first-order valence-electron chi connectivity index (χ1n) is 6.40. The third-order valence-electron chi connectivity index (χ3n) is 3.21. The Labute approximate surface area is 116 Å². The fraction of sp³-hybridized carbons (Fsp3) is 0.462. The first kappa shape index (κ1) is 14.1. The lowest BCUT2D eigenvalue weighted by Crippen LogP contribution is -2.49. The third kappa shape index (κ3) is 3.37. The van der Waals surface area contributed by atoms with Crippen molar-refractivity contribution in [3.05, 3.63) is 30.5 Å². The summed E-state index contributed by atoms with van der Waals surface area (Å²) in [6.45, 7) is 3.78. The van der Waals surface area contributed by atoms with Crippen LogP contribution in [-0.2, 0) is 20.7 Å². The fourth-order valence-corrected chi connectivity index (χ4v) is 2.13. The first-order valence-corrected chi connectivity index (χ1v) is 6.40. The monoisotopic (exact) mass is 278 g/mol. The first-order chi connectivity index (χ1) is 9.60. The van der Waals surface area contributed by atoms with Crippen LogP contribution in [0.4, 0.5) is 0 Å². The molecule has 7 nitrogen and oxygen atoms in total. The van der Waals surface area contributed by atoms with Gasteiger partial charge in [0.15, 0.2) is 0 Å². The van der Waals surface area contributed by atoms with Gasteiger partial charge in [-0.15, -0.1) is 0 Å². The molecular weight excluding hydrogens is 260 g/mol. The van der Waals surface area contributed by atoms with Gasteiger partial charge in [-0.25, -0.2) is 9.78 Å². The Balaban J connectivity index is 1.98. The third-order valence-corrected chi connectivity index (χ3v) is 3.21. The molecule has 1 aromatic heterocycles. The highest BCUT2D eigenvalue weighted by Gasteiger charge is 2.29. The van der Waals surface area contributed by atoms with E-state index >= 15 is 0 Å². The molecule has 3 N–H and O–H groups in total. The van der Waals surface area contributed by atoms with E-state index in [1.165, 1.54) is 13.4 Å². The molecule has 2 atom stereocenters. The van der Waals surface area contributed by atoms with Gasteiger partial charge in [-0.3, -0.25) is 4.79 Å². The summed E-state index contributed by atoms with van der Waals surface area (Å²) in [5.41, 5.74) is 1.60. The van der Waals surface area contributed by atoms with Crippen molar-refractivity contribution in [2.75, 3.05) is 7.11 Å². The summed E-state index contributed by atoms with van der Waals surface area (Å²) in [7, 11) is 1.30. The van der Waals surface area contributed by atoms with Gasteiger partial charge in [0.05, 0.1) is 13.4 Å². The predicted molar refractivity (Wildman–Crippen MR) is 71.5 cm³/mol. The zero-order valence-corrected chi connectivity index (χ0v) is 11.3. The van der Waals surface area contributed by atoms with E-state index in [4.69, 9.17) is 4.74 Å². The van der Waals surface area contributed by atoms with Crippen LogP contribution in [0.5, 0.6) is 0 Å². The molecule has 1 fully saturated rings. The van der Waals surface area contributed by atoms with Crippen molar-refractivity contribution in [2.24, 2.45) is 0 Å². The van der Waals surface area contributed by atoms with E-state index in [-0.39, 0.29) is 11.9 Å². The minimum absolute atomic E-state index is 0.224. The number of esters is 1. The number of carbonyl (C=O) groups is 2. The quantitative estimate of drug-likeness (QED) is 0.652. The van der Waals surface area contributed by atoms with E-state index in [1.807, 2.05) is 0 Å². The average molecular weight is 278 g/mol. The van der Waals surface area contributed by atoms with E-state index in [9.17, 15) is 9.59 Å². The average Bonchev–Trinajstić information content (AvgIpc) is 3.08. The summed E-state index contributed by atoms with van der Waals surface area (Å²) in [5.74, 6) is -0.705. The molecule has 108 valence electrons. The summed E-state index contributed by atoms with van der Waals surface area (Å²) < 4.78 is 4.72. The number of ether oxygens (including phenoxy) is 1. The second-order valence-corrected chi connectivity index (χ2v) is 4.70. The Kier molecular flexibility index (Phi) is 4.39. The molecule has 0 saturated carbocycles. The number of H-pyrrole nitrogens is 1. The molecule has 0 spiro atoms. The molecule has 1 amide bonds. The number of hydrogen-bond acceptors (Lipinski definition) is 5. The van der Waals surface area contributed by atoms with Crippen LogP contribution in [0.25, 0.3) is 0 Å². The smallest absolute Gasteiger partial charge is 0.328 e. The lowest BCUT2D eigenvalue weighted by molar-refractivity contribution is -0.145. The van der Waals surface area contributed by atoms with Crippen molar-refractivity contribution in [3.8, 4) is 0 Å². The summed E-state index contributed by atoms with van der Waals surface area (Å²) in [6.07, 6.45) is 4.89. The maximum atomic E-state index is 12.1. The number of carbonyl (C=O) groups excluding carboxylic acids is 2. The van der Waals surface area contributed by atoms with Crippen molar-refractivity contribution in [1.82, 2.24) is 20.6 Å². The van der Waals surface area contributed by atoms with Crippen LogP contribution in [0.1, 0.15) is 18.5 Å². The van der Waals surface area contributed by atoms with Gasteiger partial charge in [0.1, 0.15) is 12.1 Å². The number of nitrogens with one attached hydrogen (secondary N) is 3. The molecule has 0 aromatic carbocycles. The van der Waals surface area contributed by atoms with E-state index in [2.05, 4.69) is 27.2 Å². The molecule has 1 aliphatic rings. The number of methoxy groups -OCH3 is 1. The number of aromatic amines is 1. The summed E-state index contributed by atoms with van der Waals surface area (Å²) >= 11 is 0. The van der Waals surface area contributed by atoms with Gasteiger partial charge < -0.3 is 20.4 Å².